The Morgan fingerprint density at radius 1 is 1.18 bits per heavy atom. The fourth-order valence-electron chi connectivity index (χ4n) is 5.53. The number of imidazole rings is 2. The van der Waals surface area contributed by atoms with Gasteiger partial charge in [-0.15, -0.1) is 0 Å². The molecule has 4 heterocycles. The Kier molecular flexibility index (Phi) is 10.2. The zero-order chi connectivity index (χ0) is 32.1. The van der Waals surface area contributed by atoms with E-state index in [1.54, 1.807) is 12.1 Å². The number of carbonyl (C=O) groups excluding carboxylic acids is 1. The van der Waals surface area contributed by atoms with Crippen molar-refractivity contribution in [3.8, 4) is 17.3 Å². The topological polar surface area (TPSA) is 83.0 Å². The van der Waals surface area contributed by atoms with E-state index in [2.05, 4.69) is 9.55 Å². The number of aldehydes is 1. The number of pyridine rings is 1. The molecule has 1 aliphatic carbocycles. The Hall–Kier alpha value is -4.19. The molecule has 1 aromatic carbocycles. The van der Waals surface area contributed by atoms with Crippen molar-refractivity contribution >= 4 is 28.4 Å². The number of carbonyl (C=O) groups is 1. The number of aryl methyl sites for hydroxylation is 1. The third-order valence-corrected chi connectivity index (χ3v) is 7.95. The van der Waals surface area contributed by atoms with Crippen LogP contribution in [0.5, 0.6) is 5.75 Å². The van der Waals surface area contributed by atoms with Crippen molar-refractivity contribution in [2.45, 2.75) is 59.0 Å². The lowest BCUT2D eigenvalue weighted by molar-refractivity contribution is 0.0522. The van der Waals surface area contributed by atoms with E-state index in [4.69, 9.17) is 14.7 Å². The number of benzene rings is 1. The number of aromatic nitrogens is 6. The smallest absolute Gasteiger partial charge is 0.256 e. The van der Waals surface area contributed by atoms with E-state index >= 15 is 4.39 Å². The lowest BCUT2D eigenvalue weighted by Crippen LogP contribution is -2.23. The Morgan fingerprint density at radius 3 is 2.67 bits per heavy atom. The number of rotatable bonds is 14. The van der Waals surface area contributed by atoms with Crippen LogP contribution in [0.15, 0.2) is 42.9 Å². The predicted octanol–water partition coefficient (Wildman–Crippen LogP) is 6.38. The molecule has 1 fully saturated rings. The van der Waals surface area contributed by atoms with Crippen LogP contribution in [-0.4, -0.2) is 73.0 Å². The first kappa shape index (κ1) is 32.2. The normalized spacial score (nSPS) is 13.8. The van der Waals surface area contributed by atoms with E-state index < -0.39 is 12.3 Å². The van der Waals surface area contributed by atoms with E-state index in [0.29, 0.717) is 65.8 Å². The molecule has 0 spiro atoms. The molecule has 6 rings (SSSR count). The van der Waals surface area contributed by atoms with Crippen molar-refractivity contribution < 1.29 is 22.7 Å². The monoisotopic (exact) mass is 623 g/mol. The molecule has 0 radical (unpaired) electrons. The van der Waals surface area contributed by atoms with Gasteiger partial charge in [0, 0.05) is 44.1 Å². The van der Waals surface area contributed by atoms with Crippen LogP contribution in [-0.2, 0) is 26.6 Å². The summed E-state index contributed by atoms with van der Waals surface area (Å²) in [6.45, 7) is 5.43. The Morgan fingerprint density at radius 2 is 1.98 bits per heavy atom. The average molecular weight is 624 g/mol. The first-order chi connectivity index (χ1) is 21.8. The highest BCUT2D eigenvalue weighted by Gasteiger charge is 2.27. The van der Waals surface area contributed by atoms with E-state index in [-0.39, 0.29) is 13.2 Å². The summed E-state index contributed by atoms with van der Waals surface area (Å²) < 4.78 is 52.1. The number of hydrogen-bond donors (Lipinski definition) is 0. The van der Waals surface area contributed by atoms with Crippen LogP contribution in [0.2, 0.25) is 0 Å². The highest BCUT2D eigenvalue weighted by Crippen LogP contribution is 2.39. The van der Waals surface area contributed by atoms with Gasteiger partial charge in [-0.25, -0.2) is 15.0 Å². The maximum absolute atomic E-state index is 15.1. The molecule has 5 aromatic rings. The third kappa shape index (κ3) is 7.22. The first-order valence-electron chi connectivity index (χ1n) is 15.5. The second-order valence-corrected chi connectivity index (χ2v) is 11.3. The van der Waals surface area contributed by atoms with Crippen LogP contribution in [0.25, 0.3) is 33.6 Å². The number of fused-ring (bicyclic) bond motifs is 2. The molecular formula is C33H40F3N7O2. The van der Waals surface area contributed by atoms with Crippen molar-refractivity contribution in [2.75, 3.05) is 26.8 Å². The maximum Gasteiger partial charge on any atom is 0.256 e. The van der Waals surface area contributed by atoms with Gasteiger partial charge in [-0.1, -0.05) is 26.0 Å². The summed E-state index contributed by atoms with van der Waals surface area (Å²) in [5.41, 5.74) is 4.01. The van der Waals surface area contributed by atoms with Gasteiger partial charge < -0.3 is 23.3 Å². The van der Waals surface area contributed by atoms with Crippen molar-refractivity contribution in [3.05, 3.63) is 60.1 Å². The van der Waals surface area contributed by atoms with Crippen LogP contribution in [0, 0.1) is 11.9 Å². The zero-order valence-corrected chi connectivity index (χ0v) is 26.2. The van der Waals surface area contributed by atoms with E-state index in [1.165, 1.54) is 10.9 Å². The SMILES string of the molecule is CC.CN(CCCF)CCc1nc2c(cc1C=O)nc(-c1cc3cccc(OC(F)Cn4cnc(F)c4)c3n1CC1CC1)n2C. The quantitative estimate of drug-likeness (QED) is 0.134. The third-order valence-electron chi connectivity index (χ3n) is 7.95. The Labute approximate surface area is 260 Å². The molecule has 0 amide bonds. The molecule has 4 aromatic heterocycles. The van der Waals surface area contributed by atoms with E-state index in [1.807, 2.05) is 55.6 Å². The summed E-state index contributed by atoms with van der Waals surface area (Å²) in [4.78, 5) is 27.3. The van der Waals surface area contributed by atoms with Crippen LogP contribution in [0.4, 0.5) is 13.2 Å². The van der Waals surface area contributed by atoms with Crippen molar-refractivity contribution in [2.24, 2.45) is 13.0 Å². The van der Waals surface area contributed by atoms with Gasteiger partial charge in [0.1, 0.15) is 11.3 Å². The Balaban J connectivity index is 0.00000196. The molecule has 240 valence electrons. The van der Waals surface area contributed by atoms with Crippen LogP contribution < -0.4 is 4.74 Å². The lowest BCUT2D eigenvalue weighted by Gasteiger charge is -2.16. The number of halogens is 3. The molecule has 0 aliphatic heterocycles. The summed E-state index contributed by atoms with van der Waals surface area (Å²) in [5, 5.41) is 0.875. The number of nitrogens with zero attached hydrogens (tertiary/aromatic N) is 7. The second kappa shape index (κ2) is 14.3. The van der Waals surface area contributed by atoms with E-state index in [9.17, 15) is 13.6 Å². The van der Waals surface area contributed by atoms with Crippen molar-refractivity contribution in [1.29, 1.82) is 0 Å². The number of alkyl halides is 2. The molecule has 1 aliphatic rings. The van der Waals surface area contributed by atoms with Gasteiger partial charge in [-0.05, 0) is 50.4 Å². The van der Waals surface area contributed by atoms with Gasteiger partial charge in [0.05, 0.1) is 42.6 Å². The fourth-order valence-corrected chi connectivity index (χ4v) is 5.53. The molecule has 1 atom stereocenters. The summed E-state index contributed by atoms with van der Waals surface area (Å²) >= 11 is 0. The maximum atomic E-state index is 15.1. The van der Waals surface area contributed by atoms with Crippen LogP contribution in [0.3, 0.4) is 0 Å². The molecule has 45 heavy (non-hydrogen) atoms. The number of hydrogen-bond acceptors (Lipinski definition) is 6. The standard InChI is InChI=1S/C31H34F3N7O2.C2H6/c1-38(11-4-10-32)12-9-23-22(18-42)13-24-30(36-23)39(2)31(37-24)25-14-21-5-3-6-26(29(21)41(25)15-20-7-8-20)43-28(34)17-40-16-27(33)35-19-40;1-2/h3,5-6,13-14,16,18-20,28H,4,7-12,15,17H2,1-2H3;1-2H3. The van der Waals surface area contributed by atoms with Gasteiger partial charge in [-0.3, -0.25) is 9.18 Å². The van der Waals surface area contributed by atoms with Gasteiger partial charge >= 0.3 is 0 Å². The number of para-hydroxylation sites is 1. The number of likely N-dealkylation sites (N-methyl/N-ethyl adjacent to an activating group) is 1. The largest absolute Gasteiger partial charge is 0.456 e. The second-order valence-electron chi connectivity index (χ2n) is 11.3. The molecule has 12 heteroatoms. The average Bonchev–Trinajstić information content (AvgIpc) is 3.53. The van der Waals surface area contributed by atoms with Crippen LogP contribution >= 0.6 is 0 Å². The molecule has 0 bridgehead atoms. The summed E-state index contributed by atoms with van der Waals surface area (Å²) in [5.74, 6) is 0.873. The van der Waals surface area contributed by atoms with Gasteiger partial charge in [0.2, 0.25) is 5.95 Å². The fraction of sp³-hybridized carbons (Fsp3) is 0.455. The Bertz CT molecular complexity index is 1760. The minimum Gasteiger partial charge on any atom is -0.456 e. The van der Waals surface area contributed by atoms with E-state index in [0.717, 1.165) is 48.5 Å². The molecule has 9 nitrogen and oxygen atoms in total. The minimum atomic E-state index is -1.72. The molecular weight excluding hydrogens is 583 g/mol. The summed E-state index contributed by atoms with van der Waals surface area (Å²) in [7, 11) is 3.82. The van der Waals surface area contributed by atoms with Gasteiger partial charge in [0.15, 0.2) is 17.8 Å². The predicted molar refractivity (Wildman–Crippen MR) is 168 cm³/mol. The summed E-state index contributed by atoms with van der Waals surface area (Å²) in [6.07, 6.45) is 4.66. The van der Waals surface area contributed by atoms with Crippen LogP contribution in [0.1, 0.15) is 49.2 Å². The molecule has 0 N–H and O–H groups in total. The van der Waals surface area contributed by atoms with Gasteiger partial charge in [-0.2, -0.15) is 8.78 Å². The molecule has 1 saturated carbocycles. The molecule has 0 saturated heterocycles. The number of ether oxygens (including phenoxy) is 1. The molecule has 1 unspecified atom stereocenters. The highest BCUT2D eigenvalue weighted by molar-refractivity contribution is 5.92. The lowest BCUT2D eigenvalue weighted by atomic mass is 10.1. The first-order valence-corrected chi connectivity index (χ1v) is 15.5. The minimum absolute atomic E-state index is 0.201. The van der Waals surface area contributed by atoms with Gasteiger partial charge in [0.25, 0.3) is 6.36 Å². The highest BCUT2D eigenvalue weighted by atomic mass is 19.1. The zero-order valence-electron chi connectivity index (χ0n) is 26.2. The van der Waals surface area contributed by atoms with Crippen molar-refractivity contribution in [1.82, 2.24) is 33.6 Å². The summed E-state index contributed by atoms with van der Waals surface area (Å²) in [6, 6.07) is 9.30. The van der Waals surface area contributed by atoms with Crippen molar-refractivity contribution in [3.63, 3.8) is 0 Å².